The first-order valence-electron chi connectivity index (χ1n) is 13.6. The summed E-state index contributed by atoms with van der Waals surface area (Å²) in [6.07, 6.45) is 6.18. The Morgan fingerprint density at radius 1 is 1.17 bits per heavy atom. The Balaban J connectivity index is 1.47. The first kappa shape index (κ1) is 28.6. The monoisotopic (exact) mass is 577 g/mol. The molecule has 4 aromatic heterocycles. The molecule has 0 unspecified atom stereocenters. The van der Waals surface area contributed by atoms with Crippen molar-refractivity contribution in [2.75, 3.05) is 31.7 Å². The third-order valence-corrected chi connectivity index (χ3v) is 7.91. The van der Waals surface area contributed by atoms with E-state index in [0.717, 1.165) is 28.5 Å². The van der Waals surface area contributed by atoms with Crippen LogP contribution in [-0.2, 0) is 16.0 Å². The average molecular weight is 578 g/mol. The minimum atomic E-state index is -0.608. The van der Waals surface area contributed by atoms with Crippen molar-refractivity contribution in [1.29, 1.82) is 0 Å². The Hall–Kier alpha value is -3.90. The number of aryl methyl sites for hydroxylation is 1. The number of ether oxygens (including phenoxy) is 2. The molecule has 5 heterocycles. The molecule has 1 aliphatic rings. The summed E-state index contributed by atoms with van der Waals surface area (Å²) < 4.78 is 13.5. The van der Waals surface area contributed by atoms with Crippen molar-refractivity contribution in [2.24, 2.45) is 0 Å². The van der Waals surface area contributed by atoms with Gasteiger partial charge in [-0.1, -0.05) is 5.21 Å². The topological polar surface area (TPSA) is 116 Å². The average Bonchev–Trinajstić information content (AvgIpc) is 3.58. The molecule has 5 rings (SSSR count). The molecule has 1 saturated heterocycles. The lowest BCUT2D eigenvalue weighted by molar-refractivity contribution is 0.0196. The molecule has 1 aliphatic heterocycles. The number of hydrogen-bond donors (Lipinski definition) is 0. The second kappa shape index (κ2) is 11.9. The van der Waals surface area contributed by atoms with Gasteiger partial charge in [0.1, 0.15) is 17.1 Å². The zero-order chi connectivity index (χ0) is 29.1. The Kier molecular flexibility index (Phi) is 8.32. The molecule has 0 bridgehead atoms. The number of likely N-dealkylation sites (tertiary alicyclic amines) is 1. The molecule has 1 atom stereocenters. The Morgan fingerprint density at radius 3 is 2.73 bits per heavy atom. The SMILES string of the molecule is COCCn1cc(-c2ccc(C(=O)N(c3nccc4scc(C)c34)[C@@H]3CCCN(C(=O)OC(C)(C)C)C3)cn2)nn1. The molecule has 12 heteroatoms. The van der Waals surface area contributed by atoms with Gasteiger partial charge in [0, 0.05) is 42.7 Å². The number of methoxy groups -OCH3 is 1. The van der Waals surface area contributed by atoms with E-state index in [9.17, 15) is 9.59 Å². The molecule has 0 N–H and O–H groups in total. The molecule has 0 spiro atoms. The van der Waals surface area contributed by atoms with Gasteiger partial charge in [-0.3, -0.25) is 14.7 Å². The van der Waals surface area contributed by atoms with Crippen LogP contribution in [0.4, 0.5) is 10.6 Å². The highest BCUT2D eigenvalue weighted by atomic mass is 32.1. The summed E-state index contributed by atoms with van der Waals surface area (Å²) in [6, 6.07) is 5.19. The lowest BCUT2D eigenvalue weighted by Crippen LogP contribution is -2.53. The summed E-state index contributed by atoms with van der Waals surface area (Å²) in [7, 11) is 1.64. The predicted octanol–water partition coefficient (Wildman–Crippen LogP) is 4.95. The van der Waals surface area contributed by atoms with Crippen LogP contribution in [0.3, 0.4) is 0 Å². The fourth-order valence-electron chi connectivity index (χ4n) is 4.91. The van der Waals surface area contributed by atoms with Gasteiger partial charge in [-0.05, 0) is 69.7 Å². The fraction of sp³-hybridized carbons (Fsp3) is 0.448. The van der Waals surface area contributed by atoms with Crippen LogP contribution in [0.2, 0.25) is 0 Å². The summed E-state index contributed by atoms with van der Waals surface area (Å²) >= 11 is 1.62. The van der Waals surface area contributed by atoms with Crippen molar-refractivity contribution in [3.63, 3.8) is 0 Å². The summed E-state index contributed by atoms with van der Waals surface area (Å²) in [5.74, 6) is 0.363. The molecule has 0 radical (unpaired) electrons. The maximum absolute atomic E-state index is 14.3. The van der Waals surface area contributed by atoms with E-state index >= 15 is 0 Å². The standard InChI is InChI=1S/C29H35N7O4S/c1-19-18-41-24-10-11-30-26(25(19)24)36(21-7-6-12-34(16-21)28(38)40-29(2,3)4)27(37)20-8-9-22(31-15-20)23-17-35(33-32-23)13-14-39-5/h8-11,15,17-18,21H,6-7,12-14,16H2,1-5H3/t21-/m1/s1. The van der Waals surface area contributed by atoms with E-state index in [1.54, 1.807) is 63.7 Å². The number of hydrogen-bond acceptors (Lipinski definition) is 9. The number of pyridine rings is 2. The molecule has 0 saturated carbocycles. The second-order valence-corrected chi connectivity index (χ2v) is 12.0. The number of amides is 2. The van der Waals surface area contributed by atoms with E-state index in [1.807, 2.05) is 33.8 Å². The number of anilines is 1. The van der Waals surface area contributed by atoms with Gasteiger partial charge in [0.2, 0.25) is 0 Å². The number of carbonyl (C=O) groups is 2. The van der Waals surface area contributed by atoms with Crippen LogP contribution in [0.5, 0.6) is 0 Å². The molecular weight excluding hydrogens is 542 g/mol. The van der Waals surface area contributed by atoms with Crippen molar-refractivity contribution in [2.45, 2.75) is 58.7 Å². The summed E-state index contributed by atoms with van der Waals surface area (Å²) in [5.41, 5.74) is 2.08. The highest BCUT2D eigenvalue weighted by Crippen LogP contribution is 2.35. The van der Waals surface area contributed by atoms with E-state index < -0.39 is 5.60 Å². The van der Waals surface area contributed by atoms with E-state index in [-0.39, 0.29) is 18.0 Å². The first-order valence-corrected chi connectivity index (χ1v) is 14.5. The molecule has 0 aliphatic carbocycles. The van der Waals surface area contributed by atoms with Crippen molar-refractivity contribution >= 4 is 39.2 Å². The van der Waals surface area contributed by atoms with Crippen LogP contribution in [0.15, 0.2) is 42.2 Å². The smallest absolute Gasteiger partial charge is 0.410 e. The molecule has 0 aromatic carbocycles. The molecule has 11 nitrogen and oxygen atoms in total. The third-order valence-electron chi connectivity index (χ3n) is 6.85. The first-order chi connectivity index (χ1) is 19.6. The van der Waals surface area contributed by atoms with Crippen LogP contribution in [0.1, 0.15) is 49.5 Å². The summed E-state index contributed by atoms with van der Waals surface area (Å²) in [5, 5.41) is 11.3. The normalized spacial score (nSPS) is 15.7. The van der Waals surface area contributed by atoms with Crippen LogP contribution in [0.25, 0.3) is 21.5 Å². The molecule has 41 heavy (non-hydrogen) atoms. The second-order valence-electron chi connectivity index (χ2n) is 11.1. The Bertz CT molecular complexity index is 1530. The van der Waals surface area contributed by atoms with Gasteiger partial charge in [0.25, 0.3) is 5.91 Å². The van der Waals surface area contributed by atoms with E-state index in [2.05, 4.69) is 20.7 Å². The zero-order valence-corrected chi connectivity index (χ0v) is 24.8. The highest BCUT2D eigenvalue weighted by Gasteiger charge is 2.35. The lowest BCUT2D eigenvalue weighted by atomic mass is 10.0. The van der Waals surface area contributed by atoms with Crippen LogP contribution in [0, 0.1) is 6.92 Å². The van der Waals surface area contributed by atoms with Crippen molar-refractivity contribution in [3.05, 3.63) is 53.3 Å². The van der Waals surface area contributed by atoms with E-state index in [0.29, 0.717) is 49.0 Å². The number of piperidine rings is 1. The Labute approximate surface area is 243 Å². The zero-order valence-electron chi connectivity index (χ0n) is 24.0. The van der Waals surface area contributed by atoms with Gasteiger partial charge >= 0.3 is 6.09 Å². The number of fused-ring (bicyclic) bond motifs is 1. The van der Waals surface area contributed by atoms with Crippen molar-refractivity contribution < 1.29 is 19.1 Å². The van der Waals surface area contributed by atoms with Gasteiger partial charge in [-0.2, -0.15) is 0 Å². The quantitative estimate of drug-likeness (QED) is 0.303. The van der Waals surface area contributed by atoms with Gasteiger partial charge in [0.15, 0.2) is 0 Å². The highest BCUT2D eigenvalue weighted by molar-refractivity contribution is 7.17. The van der Waals surface area contributed by atoms with Gasteiger partial charge < -0.3 is 14.4 Å². The van der Waals surface area contributed by atoms with Crippen LogP contribution >= 0.6 is 11.3 Å². The summed E-state index contributed by atoms with van der Waals surface area (Å²) in [4.78, 5) is 39.9. The minimum absolute atomic E-state index is 0.227. The van der Waals surface area contributed by atoms with E-state index in [4.69, 9.17) is 14.5 Å². The molecular formula is C29H35N7O4S. The Morgan fingerprint density at radius 2 is 2.00 bits per heavy atom. The summed E-state index contributed by atoms with van der Waals surface area (Å²) in [6.45, 7) is 9.60. The number of rotatable bonds is 7. The van der Waals surface area contributed by atoms with E-state index in [1.165, 1.54) is 0 Å². The minimum Gasteiger partial charge on any atom is -0.444 e. The number of nitrogens with zero attached hydrogens (tertiary/aromatic N) is 7. The molecule has 216 valence electrons. The number of carbonyl (C=O) groups excluding carboxylic acids is 2. The van der Waals surface area contributed by atoms with Crippen LogP contribution in [-0.4, -0.2) is 80.3 Å². The van der Waals surface area contributed by atoms with Gasteiger partial charge in [-0.25, -0.2) is 14.5 Å². The molecule has 2 amide bonds. The lowest BCUT2D eigenvalue weighted by Gasteiger charge is -2.39. The fourth-order valence-corrected chi connectivity index (χ4v) is 5.84. The maximum Gasteiger partial charge on any atom is 0.410 e. The van der Waals surface area contributed by atoms with Gasteiger partial charge in [0.05, 0.1) is 36.6 Å². The van der Waals surface area contributed by atoms with Crippen LogP contribution < -0.4 is 4.90 Å². The largest absolute Gasteiger partial charge is 0.444 e. The van der Waals surface area contributed by atoms with Crippen molar-refractivity contribution in [1.82, 2.24) is 29.9 Å². The molecule has 1 fully saturated rings. The third kappa shape index (κ3) is 6.38. The predicted molar refractivity (Wildman–Crippen MR) is 157 cm³/mol. The number of aromatic nitrogens is 5. The van der Waals surface area contributed by atoms with Gasteiger partial charge in [-0.15, -0.1) is 16.4 Å². The van der Waals surface area contributed by atoms with Crippen molar-refractivity contribution in [3.8, 4) is 11.4 Å². The maximum atomic E-state index is 14.3. The number of thiophene rings is 1. The molecule has 4 aromatic rings.